The maximum atomic E-state index is 12.5. The van der Waals surface area contributed by atoms with E-state index in [0.29, 0.717) is 31.4 Å². The van der Waals surface area contributed by atoms with Crippen molar-refractivity contribution in [1.82, 2.24) is 4.90 Å². The van der Waals surface area contributed by atoms with Crippen LogP contribution >= 0.6 is 12.4 Å². The van der Waals surface area contributed by atoms with Gasteiger partial charge in [0.1, 0.15) is 5.75 Å². The minimum atomic E-state index is 0. The second-order valence-corrected chi connectivity index (χ2v) is 6.58. The lowest BCUT2D eigenvalue weighted by molar-refractivity contribution is -0.130. The van der Waals surface area contributed by atoms with E-state index in [9.17, 15) is 4.79 Å². The standard InChI is InChI=1S/C21H26N2O2.ClH/c22-14-18-15-23(16-20(18)17-8-3-1-4-9-17)21(24)12-7-13-25-19-10-5-2-6-11-19;/h1-6,8-11,18,20H,7,12-16,22H2;1H/t18-,20+;/m1./s1. The van der Waals surface area contributed by atoms with Crippen molar-refractivity contribution in [1.29, 1.82) is 0 Å². The number of halogens is 1. The number of hydrogen-bond donors (Lipinski definition) is 1. The summed E-state index contributed by atoms with van der Waals surface area (Å²) >= 11 is 0. The molecule has 0 aliphatic carbocycles. The number of amides is 1. The third-order valence-electron chi connectivity index (χ3n) is 4.87. The molecule has 0 bridgehead atoms. The Hall–Kier alpha value is -2.04. The van der Waals surface area contributed by atoms with Gasteiger partial charge in [0.2, 0.25) is 5.91 Å². The van der Waals surface area contributed by atoms with Gasteiger partial charge in [0.05, 0.1) is 6.61 Å². The normalized spacial score (nSPS) is 19.0. The van der Waals surface area contributed by atoms with Crippen molar-refractivity contribution in [3.05, 3.63) is 66.2 Å². The molecule has 0 aromatic heterocycles. The fourth-order valence-electron chi connectivity index (χ4n) is 3.48. The third-order valence-corrected chi connectivity index (χ3v) is 4.87. The summed E-state index contributed by atoms with van der Waals surface area (Å²) in [5.41, 5.74) is 7.23. The van der Waals surface area contributed by atoms with Crippen LogP contribution in [0, 0.1) is 5.92 Å². The monoisotopic (exact) mass is 374 g/mol. The highest BCUT2D eigenvalue weighted by atomic mass is 35.5. The molecular weight excluding hydrogens is 348 g/mol. The molecule has 5 heteroatoms. The van der Waals surface area contributed by atoms with Gasteiger partial charge in [-0.2, -0.15) is 0 Å². The molecule has 1 aliphatic heterocycles. The molecule has 0 saturated carbocycles. The fourth-order valence-corrected chi connectivity index (χ4v) is 3.48. The summed E-state index contributed by atoms with van der Waals surface area (Å²) in [5, 5.41) is 0. The SMILES string of the molecule is Cl.NC[C@@H]1CN(C(=O)CCCOc2ccccc2)C[C@H]1c1ccccc1. The molecule has 1 saturated heterocycles. The topological polar surface area (TPSA) is 55.6 Å². The van der Waals surface area contributed by atoms with Crippen LogP contribution in [0.15, 0.2) is 60.7 Å². The molecule has 2 N–H and O–H groups in total. The lowest BCUT2D eigenvalue weighted by Crippen LogP contribution is -2.29. The molecule has 3 rings (SSSR count). The molecule has 4 nitrogen and oxygen atoms in total. The number of likely N-dealkylation sites (tertiary alicyclic amines) is 1. The summed E-state index contributed by atoms with van der Waals surface area (Å²) in [7, 11) is 0. The van der Waals surface area contributed by atoms with E-state index in [4.69, 9.17) is 10.5 Å². The van der Waals surface area contributed by atoms with E-state index in [1.54, 1.807) is 0 Å². The molecule has 0 spiro atoms. The number of nitrogens with two attached hydrogens (primary N) is 1. The van der Waals surface area contributed by atoms with Crippen molar-refractivity contribution in [2.24, 2.45) is 11.7 Å². The fraction of sp³-hybridized carbons (Fsp3) is 0.381. The van der Waals surface area contributed by atoms with Crippen LogP contribution in [0.5, 0.6) is 5.75 Å². The van der Waals surface area contributed by atoms with Gasteiger partial charge >= 0.3 is 0 Å². The van der Waals surface area contributed by atoms with Crippen LogP contribution < -0.4 is 10.5 Å². The molecule has 26 heavy (non-hydrogen) atoms. The molecule has 1 amide bonds. The Morgan fingerprint density at radius 3 is 2.35 bits per heavy atom. The average Bonchev–Trinajstić information content (AvgIpc) is 3.11. The first kappa shape index (κ1) is 20.3. The Bertz CT molecular complexity index is 666. The van der Waals surface area contributed by atoms with Crippen molar-refractivity contribution in [3.8, 4) is 5.75 Å². The summed E-state index contributed by atoms with van der Waals surface area (Å²) in [4.78, 5) is 14.5. The molecule has 2 aromatic rings. The van der Waals surface area contributed by atoms with E-state index in [-0.39, 0.29) is 18.3 Å². The largest absolute Gasteiger partial charge is 0.494 e. The lowest BCUT2D eigenvalue weighted by Gasteiger charge is -2.17. The van der Waals surface area contributed by atoms with Crippen LogP contribution in [0.25, 0.3) is 0 Å². The van der Waals surface area contributed by atoms with Gasteiger partial charge in [-0.15, -0.1) is 12.4 Å². The number of ether oxygens (including phenoxy) is 1. The van der Waals surface area contributed by atoms with Crippen molar-refractivity contribution < 1.29 is 9.53 Å². The van der Waals surface area contributed by atoms with Crippen molar-refractivity contribution in [2.45, 2.75) is 18.8 Å². The predicted octanol–water partition coefficient (Wildman–Crippen LogP) is 3.47. The molecule has 2 atom stereocenters. The Balaban J connectivity index is 0.00000243. The zero-order chi connectivity index (χ0) is 17.5. The molecule has 0 radical (unpaired) electrons. The van der Waals surface area contributed by atoms with Gasteiger partial charge in [0, 0.05) is 25.4 Å². The number of carbonyl (C=O) groups excluding carboxylic acids is 1. The first-order chi connectivity index (χ1) is 12.3. The average molecular weight is 375 g/mol. The summed E-state index contributed by atoms with van der Waals surface area (Å²) < 4.78 is 5.66. The first-order valence-electron chi connectivity index (χ1n) is 8.98. The van der Waals surface area contributed by atoms with E-state index < -0.39 is 0 Å². The molecular formula is C21H27ClN2O2. The number of nitrogens with zero attached hydrogens (tertiary/aromatic N) is 1. The minimum absolute atomic E-state index is 0. The molecule has 1 heterocycles. The van der Waals surface area contributed by atoms with Gasteiger partial charge in [-0.05, 0) is 36.6 Å². The van der Waals surface area contributed by atoms with Gasteiger partial charge in [-0.1, -0.05) is 48.5 Å². The van der Waals surface area contributed by atoms with Crippen molar-refractivity contribution >= 4 is 18.3 Å². The molecule has 2 aromatic carbocycles. The van der Waals surface area contributed by atoms with Gasteiger partial charge in [-0.25, -0.2) is 0 Å². The van der Waals surface area contributed by atoms with Crippen molar-refractivity contribution in [2.75, 3.05) is 26.2 Å². The molecule has 140 valence electrons. The predicted molar refractivity (Wildman–Crippen MR) is 107 cm³/mol. The summed E-state index contributed by atoms with van der Waals surface area (Å²) in [6.45, 7) is 2.70. The van der Waals surface area contributed by atoms with Crippen LogP contribution in [0.4, 0.5) is 0 Å². The highest BCUT2D eigenvalue weighted by Gasteiger charge is 2.34. The van der Waals surface area contributed by atoms with E-state index in [1.165, 1.54) is 5.56 Å². The number of rotatable bonds is 7. The third kappa shape index (κ3) is 5.23. The Morgan fingerprint density at radius 1 is 1.04 bits per heavy atom. The Morgan fingerprint density at radius 2 is 1.69 bits per heavy atom. The molecule has 1 aliphatic rings. The van der Waals surface area contributed by atoms with Crippen LogP contribution in [0.1, 0.15) is 24.3 Å². The smallest absolute Gasteiger partial charge is 0.222 e. The zero-order valence-electron chi connectivity index (χ0n) is 14.9. The quantitative estimate of drug-likeness (QED) is 0.755. The zero-order valence-corrected chi connectivity index (χ0v) is 15.7. The summed E-state index contributed by atoms with van der Waals surface area (Å²) in [5.74, 6) is 1.74. The Labute approximate surface area is 161 Å². The van der Waals surface area contributed by atoms with Crippen LogP contribution in [-0.4, -0.2) is 37.0 Å². The van der Waals surface area contributed by atoms with E-state index in [1.807, 2.05) is 53.4 Å². The Kier molecular flexibility index (Phi) is 7.95. The molecule has 0 unspecified atom stereocenters. The van der Waals surface area contributed by atoms with Gasteiger partial charge in [0.25, 0.3) is 0 Å². The van der Waals surface area contributed by atoms with Gasteiger partial charge in [-0.3, -0.25) is 4.79 Å². The first-order valence-corrected chi connectivity index (χ1v) is 8.98. The van der Waals surface area contributed by atoms with E-state index in [0.717, 1.165) is 25.3 Å². The minimum Gasteiger partial charge on any atom is -0.494 e. The van der Waals surface area contributed by atoms with E-state index in [2.05, 4.69) is 12.1 Å². The van der Waals surface area contributed by atoms with Gasteiger partial charge < -0.3 is 15.4 Å². The van der Waals surface area contributed by atoms with Crippen LogP contribution in [0.2, 0.25) is 0 Å². The van der Waals surface area contributed by atoms with Crippen molar-refractivity contribution in [3.63, 3.8) is 0 Å². The lowest BCUT2D eigenvalue weighted by atomic mass is 9.89. The number of carbonyl (C=O) groups is 1. The number of para-hydroxylation sites is 1. The maximum absolute atomic E-state index is 12.5. The van der Waals surface area contributed by atoms with Crippen LogP contribution in [-0.2, 0) is 4.79 Å². The number of benzene rings is 2. The summed E-state index contributed by atoms with van der Waals surface area (Å²) in [6.07, 6.45) is 1.25. The van der Waals surface area contributed by atoms with E-state index >= 15 is 0 Å². The second-order valence-electron chi connectivity index (χ2n) is 6.58. The summed E-state index contributed by atoms with van der Waals surface area (Å²) in [6, 6.07) is 20.1. The van der Waals surface area contributed by atoms with Gasteiger partial charge in [0.15, 0.2) is 0 Å². The number of hydrogen-bond acceptors (Lipinski definition) is 3. The van der Waals surface area contributed by atoms with Crippen LogP contribution in [0.3, 0.4) is 0 Å². The highest BCUT2D eigenvalue weighted by molar-refractivity contribution is 5.85. The highest BCUT2D eigenvalue weighted by Crippen LogP contribution is 2.32. The second kappa shape index (κ2) is 10.2. The maximum Gasteiger partial charge on any atom is 0.222 e. The molecule has 1 fully saturated rings.